The highest BCUT2D eigenvalue weighted by Gasteiger charge is 1.98. The lowest BCUT2D eigenvalue weighted by Gasteiger charge is -2.05. The lowest BCUT2D eigenvalue weighted by atomic mass is 10.0. The molecule has 0 aromatic heterocycles. The molecular weight excluding hydrogens is 136 g/mol. The van der Waals surface area contributed by atoms with Gasteiger partial charge in [0.05, 0.1) is 6.61 Å². The molecule has 59 valence electrons. The van der Waals surface area contributed by atoms with E-state index in [0.717, 1.165) is 0 Å². The smallest absolute Gasteiger partial charge is 0.0862 e. The fourth-order valence-electron chi connectivity index (χ4n) is 1.19. The van der Waals surface area contributed by atoms with Gasteiger partial charge in [0.15, 0.2) is 0 Å². The largest absolute Gasteiger partial charge is 0.236 e. The summed E-state index contributed by atoms with van der Waals surface area (Å²) in [5, 5.41) is 10.4. The second kappa shape index (κ2) is 3.54. The molecule has 0 amide bonds. The summed E-state index contributed by atoms with van der Waals surface area (Å²) in [6, 6.07) is 6.11. The van der Waals surface area contributed by atoms with E-state index < -0.39 is 0 Å². The second-order valence-electron chi connectivity index (χ2n) is 2.81. The third-order valence-electron chi connectivity index (χ3n) is 2.09. The molecule has 1 aromatic rings. The maximum atomic E-state index is 10.4. The van der Waals surface area contributed by atoms with Gasteiger partial charge in [-0.15, -0.1) is 0 Å². The lowest BCUT2D eigenvalue weighted by Crippen LogP contribution is -1.94. The van der Waals surface area contributed by atoms with Crippen LogP contribution in [0.1, 0.15) is 16.7 Å². The van der Waals surface area contributed by atoms with E-state index in [9.17, 15) is 5.11 Å². The highest BCUT2D eigenvalue weighted by molar-refractivity contribution is 5.33. The van der Waals surface area contributed by atoms with Gasteiger partial charge < -0.3 is 0 Å². The fourth-order valence-corrected chi connectivity index (χ4v) is 1.19. The van der Waals surface area contributed by atoms with Gasteiger partial charge in [-0.1, -0.05) is 18.2 Å². The number of hydrogen-bond donors (Lipinski definition) is 0. The predicted molar refractivity (Wildman–Crippen MR) is 45.2 cm³/mol. The zero-order valence-corrected chi connectivity index (χ0v) is 7.05. The summed E-state index contributed by atoms with van der Waals surface area (Å²) >= 11 is 0. The van der Waals surface area contributed by atoms with Crippen molar-refractivity contribution in [2.24, 2.45) is 0 Å². The van der Waals surface area contributed by atoms with Crippen LogP contribution in [0.2, 0.25) is 0 Å². The molecule has 0 aliphatic rings. The van der Waals surface area contributed by atoms with Crippen LogP contribution in [-0.2, 0) is 11.5 Å². The van der Waals surface area contributed by atoms with Crippen LogP contribution in [0.25, 0.3) is 0 Å². The number of hydrogen-bond acceptors (Lipinski definition) is 0. The van der Waals surface area contributed by atoms with Crippen molar-refractivity contribution >= 4 is 0 Å². The van der Waals surface area contributed by atoms with Crippen molar-refractivity contribution in [2.45, 2.75) is 20.3 Å². The Morgan fingerprint density at radius 1 is 1.27 bits per heavy atom. The van der Waals surface area contributed by atoms with Gasteiger partial charge >= 0.3 is 0 Å². The highest BCUT2D eigenvalue weighted by Crippen LogP contribution is 2.12. The van der Waals surface area contributed by atoms with E-state index in [1.165, 1.54) is 16.7 Å². The zero-order chi connectivity index (χ0) is 8.27. The average molecular weight is 149 g/mol. The van der Waals surface area contributed by atoms with E-state index in [0.29, 0.717) is 6.42 Å². The van der Waals surface area contributed by atoms with Crippen molar-refractivity contribution in [3.63, 3.8) is 0 Å². The van der Waals surface area contributed by atoms with Crippen LogP contribution in [0, 0.1) is 13.8 Å². The highest BCUT2D eigenvalue weighted by atomic mass is 16.2. The van der Waals surface area contributed by atoms with E-state index in [1.54, 1.807) is 0 Å². The first-order valence-electron chi connectivity index (χ1n) is 3.89. The van der Waals surface area contributed by atoms with Crippen molar-refractivity contribution < 1.29 is 5.11 Å². The zero-order valence-electron chi connectivity index (χ0n) is 7.05. The molecule has 0 saturated carbocycles. The van der Waals surface area contributed by atoms with Gasteiger partial charge in [0.25, 0.3) is 0 Å². The monoisotopic (exact) mass is 149 g/mol. The molecular formula is C10H13O. The van der Waals surface area contributed by atoms with Crippen molar-refractivity contribution in [3.05, 3.63) is 34.9 Å². The Kier molecular flexibility index (Phi) is 2.66. The Hall–Kier alpha value is -0.820. The van der Waals surface area contributed by atoms with E-state index in [1.807, 2.05) is 12.1 Å². The third kappa shape index (κ3) is 1.81. The maximum absolute atomic E-state index is 10.4. The Bertz CT molecular complexity index is 241. The Morgan fingerprint density at radius 3 is 2.64 bits per heavy atom. The van der Waals surface area contributed by atoms with E-state index in [4.69, 9.17) is 0 Å². The molecule has 1 radical (unpaired) electrons. The molecule has 0 saturated heterocycles. The number of benzene rings is 1. The van der Waals surface area contributed by atoms with Crippen LogP contribution in [0.15, 0.2) is 18.2 Å². The molecule has 1 aromatic carbocycles. The molecule has 0 aliphatic heterocycles. The molecule has 0 fully saturated rings. The van der Waals surface area contributed by atoms with Crippen molar-refractivity contribution in [1.29, 1.82) is 0 Å². The molecule has 0 atom stereocenters. The van der Waals surface area contributed by atoms with Crippen LogP contribution in [0.5, 0.6) is 0 Å². The molecule has 1 rings (SSSR count). The van der Waals surface area contributed by atoms with Crippen LogP contribution in [0.3, 0.4) is 0 Å². The molecule has 0 N–H and O–H groups in total. The first-order chi connectivity index (χ1) is 5.25. The molecule has 0 spiro atoms. The molecule has 11 heavy (non-hydrogen) atoms. The standard InChI is InChI=1S/C10H13O/c1-8-4-3-5-10(6-7-11)9(8)2/h3-5H,6-7H2,1-2H3. The van der Waals surface area contributed by atoms with E-state index >= 15 is 0 Å². The second-order valence-corrected chi connectivity index (χ2v) is 2.81. The summed E-state index contributed by atoms with van der Waals surface area (Å²) in [7, 11) is 0. The molecule has 0 bridgehead atoms. The molecule has 0 unspecified atom stereocenters. The van der Waals surface area contributed by atoms with Gasteiger partial charge in [-0.3, -0.25) is 0 Å². The first kappa shape index (κ1) is 8.28. The van der Waals surface area contributed by atoms with Gasteiger partial charge in [-0.05, 0) is 37.0 Å². The maximum Gasteiger partial charge on any atom is 0.0862 e. The van der Waals surface area contributed by atoms with Crippen LogP contribution < -0.4 is 0 Å². The minimum atomic E-state index is -0.00963. The fraction of sp³-hybridized carbons (Fsp3) is 0.400. The predicted octanol–water partition coefficient (Wildman–Crippen LogP) is 2.28. The van der Waals surface area contributed by atoms with E-state index in [2.05, 4.69) is 19.9 Å². The summed E-state index contributed by atoms with van der Waals surface area (Å²) in [4.78, 5) is 0. The summed E-state index contributed by atoms with van der Waals surface area (Å²) in [6.45, 7) is 4.13. The van der Waals surface area contributed by atoms with Crippen molar-refractivity contribution in [2.75, 3.05) is 6.61 Å². The Labute approximate surface area is 67.7 Å². The SMILES string of the molecule is Cc1cccc(CC[O])c1C. The first-order valence-corrected chi connectivity index (χ1v) is 3.89. The van der Waals surface area contributed by atoms with E-state index in [-0.39, 0.29) is 6.61 Å². The van der Waals surface area contributed by atoms with Gasteiger partial charge in [-0.2, -0.15) is 0 Å². The topological polar surface area (TPSA) is 19.9 Å². The van der Waals surface area contributed by atoms with Crippen LogP contribution >= 0.6 is 0 Å². The Balaban J connectivity index is 2.96. The van der Waals surface area contributed by atoms with Crippen molar-refractivity contribution in [1.82, 2.24) is 0 Å². The Morgan fingerprint density at radius 2 is 2.00 bits per heavy atom. The van der Waals surface area contributed by atoms with Gasteiger partial charge in [0, 0.05) is 0 Å². The summed E-state index contributed by atoms with van der Waals surface area (Å²) in [6.07, 6.45) is 0.660. The van der Waals surface area contributed by atoms with Gasteiger partial charge in [0.2, 0.25) is 0 Å². The van der Waals surface area contributed by atoms with Gasteiger partial charge in [-0.25, -0.2) is 5.11 Å². The summed E-state index contributed by atoms with van der Waals surface area (Å²) in [5.41, 5.74) is 3.74. The summed E-state index contributed by atoms with van der Waals surface area (Å²) in [5.74, 6) is 0. The van der Waals surface area contributed by atoms with Crippen molar-refractivity contribution in [3.8, 4) is 0 Å². The van der Waals surface area contributed by atoms with Crippen LogP contribution in [-0.4, -0.2) is 6.61 Å². The number of aryl methyl sites for hydroxylation is 1. The van der Waals surface area contributed by atoms with Gasteiger partial charge in [0.1, 0.15) is 0 Å². The summed E-state index contributed by atoms with van der Waals surface area (Å²) < 4.78 is 0. The molecule has 0 aliphatic carbocycles. The molecule has 1 nitrogen and oxygen atoms in total. The molecule has 1 heteroatoms. The minimum absolute atomic E-state index is 0.00963. The quantitative estimate of drug-likeness (QED) is 0.614. The van der Waals surface area contributed by atoms with Crippen LogP contribution in [0.4, 0.5) is 0 Å². The lowest BCUT2D eigenvalue weighted by molar-refractivity contribution is 0.197. The average Bonchev–Trinajstić information content (AvgIpc) is 1.99. The molecule has 0 heterocycles. The number of rotatable bonds is 2. The third-order valence-corrected chi connectivity index (χ3v) is 2.09. The normalized spacial score (nSPS) is 10.1. The minimum Gasteiger partial charge on any atom is -0.236 e.